The van der Waals surface area contributed by atoms with Crippen molar-refractivity contribution in [1.29, 1.82) is 0 Å². The molecule has 0 saturated carbocycles. The number of carbonyl (C=O) groups excluding carboxylic acids is 1. The number of anilines is 1. The van der Waals surface area contributed by atoms with Crippen LogP contribution in [-0.4, -0.2) is 57.6 Å². The van der Waals surface area contributed by atoms with Crippen molar-refractivity contribution in [3.63, 3.8) is 0 Å². The number of carbonyl (C=O) groups is 1. The van der Waals surface area contributed by atoms with E-state index in [1.165, 1.54) is 0 Å². The Hall–Kier alpha value is -2.35. The number of fused-ring (bicyclic) bond motifs is 1. The SMILES string of the molecule is Nc1nc(CN2CCN(C(=O)CCSc3ccc(Cl)cc3)CC2)nc2ccccc12. The first-order valence-corrected chi connectivity index (χ1v) is 11.3. The van der Waals surface area contributed by atoms with Crippen LogP contribution in [0.25, 0.3) is 10.9 Å². The minimum atomic E-state index is 0.210. The van der Waals surface area contributed by atoms with Crippen LogP contribution in [0.4, 0.5) is 5.82 Å². The van der Waals surface area contributed by atoms with Crippen molar-refractivity contribution in [3.05, 3.63) is 59.4 Å². The number of aromatic nitrogens is 2. The predicted molar refractivity (Wildman–Crippen MR) is 123 cm³/mol. The summed E-state index contributed by atoms with van der Waals surface area (Å²) in [6, 6.07) is 15.5. The molecule has 4 rings (SSSR count). The van der Waals surface area contributed by atoms with Gasteiger partial charge in [-0.1, -0.05) is 23.7 Å². The second-order valence-corrected chi connectivity index (χ2v) is 8.86. The van der Waals surface area contributed by atoms with E-state index in [0.29, 0.717) is 18.8 Å². The molecule has 30 heavy (non-hydrogen) atoms. The number of piperazine rings is 1. The van der Waals surface area contributed by atoms with E-state index in [2.05, 4.69) is 14.9 Å². The molecule has 2 heterocycles. The topological polar surface area (TPSA) is 75.3 Å². The first kappa shape index (κ1) is 20.9. The van der Waals surface area contributed by atoms with Crippen molar-refractivity contribution < 1.29 is 4.79 Å². The standard InChI is InChI=1S/C22H24ClN5OS/c23-16-5-7-17(8-6-16)30-14-9-21(29)28-12-10-27(11-13-28)15-20-25-19-4-2-1-3-18(19)22(24)26-20/h1-8H,9-15H2,(H2,24,25,26). The fourth-order valence-electron chi connectivity index (χ4n) is 3.52. The highest BCUT2D eigenvalue weighted by atomic mass is 35.5. The predicted octanol–water partition coefficient (Wildman–Crippen LogP) is 3.69. The first-order valence-electron chi connectivity index (χ1n) is 9.98. The molecule has 2 aromatic carbocycles. The van der Waals surface area contributed by atoms with E-state index in [9.17, 15) is 4.79 Å². The summed E-state index contributed by atoms with van der Waals surface area (Å²) >= 11 is 7.59. The van der Waals surface area contributed by atoms with Gasteiger partial charge in [0.1, 0.15) is 11.6 Å². The summed E-state index contributed by atoms with van der Waals surface area (Å²) in [6.45, 7) is 3.73. The molecule has 1 fully saturated rings. The summed E-state index contributed by atoms with van der Waals surface area (Å²) in [4.78, 5) is 27.0. The molecular formula is C22H24ClN5OS. The van der Waals surface area contributed by atoms with Gasteiger partial charge < -0.3 is 10.6 Å². The number of halogens is 1. The van der Waals surface area contributed by atoms with Crippen LogP contribution in [0, 0.1) is 0 Å². The Morgan fingerprint density at radius 3 is 2.53 bits per heavy atom. The summed E-state index contributed by atoms with van der Waals surface area (Å²) in [5.74, 6) is 2.22. The van der Waals surface area contributed by atoms with E-state index < -0.39 is 0 Å². The summed E-state index contributed by atoms with van der Waals surface area (Å²) < 4.78 is 0. The Labute approximate surface area is 185 Å². The lowest BCUT2D eigenvalue weighted by Gasteiger charge is -2.34. The number of benzene rings is 2. The zero-order valence-corrected chi connectivity index (χ0v) is 18.2. The van der Waals surface area contributed by atoms with Gasteiger partial charge in [-0.25, -0.2) is 9.97 Å². The minimum absolute atomic E-state index is 0.210. The Bertz CT molecular complexity index is 1020. The van der Waals surface area contributed by atoms with Crippen LogP contribution in [-0.2, 0) is 11.3 Å². The molecule has 1 saturated heterocycles. The third-order valence-corrected chi connectivity index (χ3v) is 6.43. The molecule has 156 valence electrons. The monoisotopic (exact) mass is 441 g/mol. The lowest BCUT2D eigenvalue weighted by molar-refractivity contribution is -0.132. The molecule has 1 aliphatic heterocycles. The Morgan fingerprint density at radius 2 is 1.77 bits per heavy atom. The lowest BCUT2D eigenvalue weighted by atomic mass is 10.2. The average molecular weight is 442 g/mol. The zero-order chi connectivity index (χ0) is 20.9. The second-order valence-electron chi connectivity index (χ2n) is 7.25. The number of hydrogen-bond donors (Lipinski definition) is 1. The molecule has 0 aliphatic carbocycles. The van der Waals surface area contributed by atoms with Crippen LogP contribution < -0.4 is 5.73 Å². The van der Waals surface area contributed by atoms with Crippen molar-refractivity contribution in [2.75, 3.05) is 37.7 Å². The molecule has 1 amide bonds. The quantitative estimate of drug-likeness (QED) is 0.588. The van der Waals surface area contributed by atoms with E-state index in [4.69, 9.17) is 17.3 Å². The van der Waals surface area contributed by atoms with Gasteiger partial charge in [0.15, 0.2) is 0 Å². The number of rotatable bonds is 6. The maximum atomic E-state index is 12.5. The first-order chi connectivity index (χ1) is 14.6. The van der Waals surface area contributed by atoms with Crippen LogP contribution in [0.5, 0.6) is 0 Å². The van der Waals surface area contributed by atoms with Crippen LogP contribution >= 0.6 is 23.4 Å². The number of nitrogens with zero attached hydrogens (tertiary/aromatic N) is 4. The molecule has 1 aromatic heterocycles. The van der Waals surface area contributed by atoms with E-state index in [1.54, 1.807) is 11.8 Å². The fraction of sp³-hybridized carbons (Fsp3) is 0.318. The molecule has 3 aromatic rings. The molecule has 0 spiro atoms. The molecule has 2 N–H and O–H groups in total. The number of nitrogen functional groups attached to an aromatic ring is 1. The minimum Gasteiger partial charge on any atom is -0.383 e. The van der Waals surface area contributed by atoms with Gasteiger partial charge in [-0.15, -0.1) is 11.8 Å². The highest BCUT2D eigenvalue weighted by Crippen LogP contribution is 2.22. The van der Waals surface area contributed by atoms with Gasteiger partial charge in [-0.05, 0) is 36.4 Å². The number of amides is 1. The number of hydrogen-bond acceptors (Lipinski definition) is 6. The highest BCUT2D eigenvalue weighted by molar-refractivity contribution is 7.99. The highest BCUT2D eigenvalue weighted by Gasteiger charge is 2.21. The third-order valence-electron chi connectivity index (χ3n) is 5.17. The van der Waals surface area contributed by atoms with Gasteiger partial charge >= 0.3 is 0 Å². The molecule has 0 bridgehead atoms. The van der Waals surface area contributed by atoms with Crippen LogP contribution in [0.1, 0.15) is 12.2 Å². The largest absolute Gasteiger partial charge is 0.383 e. The fourth-order valence-corrected chi connectivity index (χ4v) is 4.49. The zero-order valence-electron chi connectivity index (χ0n) is 16.6. The summed E-state index contributed by atoms with van der Waals surface area (Å²) in [6.07, 6.45) is 0.539. The van der Waals surface area contributed by atoms with Crippen molar-refractivity contribution >= 4 is 46.0 Å². The third kappa shape index (κ3) is 5.22. The van der Waals surface area contributed by atoms with Crippen LogP contribution in [0.3, 0.4) is 0 Å². The van der Waals surface area contributed by atoms with Gasteiger partial charge in [0.2, 0.25) is 5.91 Å². The van der Waals surface area contributed by atoms with Crippen molar-refractivity contribution in [2.45, 2.75) is 17.9 Å². The van der Waals surface area contributed by atoms with Crippen molar-refractivity contribution in [3.8, 4) is 0 Å². The Morgan fingerprint density at radius 1 is 1.03 bits per heavy atom. The maximum Gasteiger partial charge on any atom is 0.223 e. The van der Waals surface area contributed by atoms with E-state index in [1.807, 2.05) is 53.4 Å². The smallest absolute Gasteiger partial charge is 0.223 e. The van der Waals surface area contributed by atoms with Crippen molar-refractivity contribution in [2.24, 2.45) is 0 Å². The average Bonchev–Trinajstić information content (AvgIpc) is 2.76. The molecular weight excluding hydrogens is 418 g/mol. The Kier molecular flexibility index (Phi) is 6.72. The number of thioether (sulfide) groups is 1. The Balaban J connectivity index is 1.24. The van der Waals surface area contributed by atoms with E-state index >= 15 is 0 Å². The molecule has 8 heteroatoms. The summed E-state index contributed by atoms with van der Waals surface area (Å²) in [5, 5.41) is 1.61. The summed E-state index contributed by atoms with van der Waals surface area (Å²) in [7, 11) is 0. The van der Waals surface area contributed by atoms with E-state index in [0.717, 1.165) is 58.6 Å². The molecule has 0 radical (unpaired) electrons. The van der Waals surface area contributed by atoms with Crippen molar-refractivity contribution in [1.82, 2.24) is 19.8 Å². The van der Waals surface area contributed by atoms with Gasteiger partial charge in [0.05, 0.1) is 12.1 Å². The number of para-hydroxylation sites is 1. The normalized spacial score (nSPS) is 14.9. The summed E-state index contributed by atoms with van der Waals surface area (Å²) in [5.41, 5.74) is 6.96. The molecule has 1 aliphatic rings. The van der Waals surface area contributed by atoms with Gasteiger partial charge in [-0.3, -0.25) is 9.69 Å². The molecule has 0 unspecified atom stereocenters. The van der Waals surface area contributed by atoms with Gasteiger partial charge in [0.25, 0.3) is 0 Å². The van der Waals surface area contributed by atoms with Crippen LogP contribution in [0.15, 0.2) is 53.4 Å². The molecule has 6 nitrogen and oxygen atoms in total. The van der Waals surface area contributed by atoms with Gasteiger partial charge in [0, 0.05) is 53.7 Å². The number of nitrogens with two attached hydrogens (primary N) is 1. The van der Waals surface area contributed by atoms with Gasteiger partial charge in [-0.2, -0.15) is 0 Å². The van der Waals surface area contributed by atoms with E-state index in [-0.39, 0.29) is 5.91 Å². The maximum absolute atomic E-state index is 12.5. The molecule has 0 atom stereocenters. The second kappa shape index (κ2) is 9.64. The lowest BCUT2D eigenvalue weighted by Crippen LogP contribution is -2.48. The van der Waals surface area contributed by atoms with Crippen LogP contribution in [0.2, 0.25) is 5.02 Å².